The van der Waals surface area contributed by atoms with Crippen molar-refractivity contribution in [1.82, 2.24) is 0 Å². The zero-order chi connectivity index (χ0) is 11.1. The Balaban J connectivity index is 1.98. The van der Waals surface area contributed by atoms with Crippen molar-refractivity contribution < 1.29 is 9.53 Å². The highest BCUT2D eigenvalue weighted by molar-refractivity contribution is 5.85. The number of ether oxygens (including phenoxy) is 1. The molecule has 0 radical (unpaired) electrons. The van der Waals surface area contributed by atoms with Gasteiger partial charge in [-0.2, -0.15) is 0 Å². The van der Waals surface area contributed by atoms with E-state index in [1.54, 1.807) is 7.11 Å². The predicted molar refractivity (Wildman–Crippen MR) is 61.6 cm³/mol. The van der Waals surface area contributed by atoms with Gasteiger partial charge in [0.1, 0.15) is 11.5 Å². The first-order valence-corrected chi connectivity index (χ1v) is 5.96. The molecule has 2 heteroatoms. The fourth-order valence-electron chi connectivity index (χ4n) is 3.25. The molecule has 1 saturated carbocycles. The largest absolute Gasteiger partial charge is 0.497 e. The van der Waals surface area contributed by atoms with Crippen molar-refractivity contribution in [1.29, 1.82) is 0 Å². The summed E-state index contributed by atoms with van der Waals surface area (Å²) in [7, 11) is 1.68. The van der Waals surface area contributed by atoms with Crippen LogP contribution in [0.2, 0.25) is 0 Å². The number of ketones is 1. The lowest BCUT2D eigenvalue weighted by molar-refractivity contribution is -0.122. The normalized spacial score (nSPS) is 36.3. The Labute approximate surface area is 95.7 Å². The van der Waals surface area contributed by atoms with Gasteiger partial charge in [-0.1, -0.05) is 12.2 Å². The number of rotatable bonds is 1. The molecule has 0 aliphatic heterocycles. The van der Waals surface area contributed by atoms with Gasteiger partial charge in [-0.15, -0.1) is 0 Å². The molecular weight excluding hydrogens is 200 g/mol. The van der Waals surface area contributed by atoms with E-state index in [9.17, 15) is 4.79 Å². The monoisotopic (exact) mass is 216 g/mol. The van der Waals surface area contributed by atoms with E-state index in [2.05, 4.69) is 18.2 Å². The summed E-state index contributed by atoms with van der Waals surface area (Å²) in [5.74, 6) is 2.40. The molecule has 0 bridgehead atoms. The number of fused-ring (bicyclic) bond motifs is 3. The van der Waals surface area contributed by atoms with Crippen LogP contribution in [0.4, 0.5) is 0 Å². The molecule has 0 heterocycles. The zero-order valence-electron chi connectivity index (χ0n) is 9.48. The molecule has 0 N–H and O–H groups in total. The van der Waals surface area contributed by atoms with Crippen molar-refractivity contribution >= 4 is 5.78 Å². The highest BCUT2D eigenvalue weighted by atomic mass is 16.5. The Bertz CT molecular complexity index is 414. The summed E-state index contributed by atoms with van der Waals surface area (Å²) in [6.45, 7) is 0. The van der Waals surface area contributed by atoms with Gasteiger partial charge in [0.2, 0.25) is 0 Å². The molecule has 1 fully saturated rings. The van der Waals surface area contributed by atoms with E-state index in [0.29, 0.717) is 11.7 Å². The smallest absolute Gasteiger partial charge is 0.137 e. The standard InChI is InChI=1S/C14H16O2/c1-16-11-6-4-9-2-3-10-5-7-13(15)14(10)12(9)8-11/h2,4,6,8,10,12,14H,3,5,7H2,1H3. The molecule has 3 atom stereocenters. The SMILES string of the molecule is COC1=CC2C(=CCC3CCC(=O)C32)C=C1. The lowest BCUT2D eigenvalue weighted by atomic mass is 9.71. The maximum atomic E-state index is 11.9. The van der Waals surface area contributed by atoms with Crippen LogP contribution in [0.3, 0.4) is 0 Å². The van der Waals surface area contributed by atoms with Crippen molar-refractivity contribution in [3.8, 4) is 0 Å². The molecule has 3 aliphatic rings. The second kappa shape index (κ2) is 3.62. The van der Waals surface area contributed by atoms with Crippen LogP contribution < -0.4 is 0 Å². The van der Waals surface area contributed by atoms with Crippen LogP contribution in [0.15, 0.2) is 35.6 Å². The first-order valence-electron chi connectivity index (χ1n) is 5.96. The van der Waals surface area contributed by atoms with Crippen molar-refractivity contribution in [2.45, 2.75) is 19.3 Å². The minimum atomic E-state index is 0.218. The second-order valence-corrected chi connectivity index (χ2v) is 4.86. The lowest BCUT2D eigenvalue weighted by Gasteiger charge is -2.32. The average molecular weight is 216 g/mol. The third-order valence-electron chi connectivity index (χ3n) is 4.09. The topological polar surface area (TPSA) is 26.3 Å². The number of carbonyl (C=O) groups is 1. The molecule has 2 nitrogen and oxygen atoms in total. The number of hydrogen-bond acceptors (Lipinski definition) is 2. The lowest BCUT2D eigenvalue weighted by Crippen LogP contribution is -2.29. The van der Waals surface area contributed by atoms with Gasteiger partial charge in [0.15, 0.2) is 0 Å². The van der Waals surface area contributed by atoms with Crippen LogP contribution in [0.1, 0.15) is 19.3 Å². The van der Waals surface area contributed by atoms with E-state index < -0.39 is 0 Å². The average Bonchev–Trinajstić information content (AvgIpc) is 2.71. The second-order valence-electron chi connectivity index (χ2n) is 4.86. The van der Waals surface area contributed by atoms with Crippen LogP contribution in [0.5, 0.6) is 0 Å². The first kappa shape index (κ1) is 9.88. The Kier molecular flexibility index (Phi) is 2.23. The maximum Gasteiger partial charge on any atom is 0.137 e. The molecule has 16 heavy (non-hydrogen) atoms. The van der Waals surface area contributed by atoms with E-state index in [0.717, 1.165) is 25.0 Å². The van der Waals surface area contributed by atoms with E-state index in [1.165, 1.54) is 5.57 Å². The van der Waals surface area contributed by atoms with Gasteiger partial charge in [0.25, 0.3) is 0 Å². The van der Waals surface area contributed by atoms with Gasteiger partial charge >= 0.3 is 0 Å². The molecule has 3 unspecified atom stereocenters. The molecular formula is C14H16O2. The summed E-state index contributed by atoms with van der Waals surface area (Å²) in [5.41, 5.74) is 1.30. The first-order chi connectivity index (χ1) is 7.79. The molecule has 0 spiro atoms. The van der Waals surface area contributed by atoms with Crippen LogP contribution in [-0.2, 0) is 9.53 Å². The molecule has 0 aromatic heterocycles. The van der Waals surface area contributed by atoms with Crippen LogP contribution in [0, 0.1) is 17.8 Å². The number of Topliss-reactive ketones (excluding diaryl/α,β-unsaturated/α-hetero) is 1. The van der Waals surface area contributed by atoms with E-state index >= 15 is 0 Å². The molecule has 0 aromatic rings. The zero-order valence-corrected chi connectivity index (χ0v) is 9.48. The summed E-state index contributed by atoms with van der Waals surface area (Å²) in [4.78, 5) is 11.9. The van der Waals surface area contributed by atoms with Crippen LogP contribution in [0.25, 0.3) is 0 Å². The maximum absolute atomic E-state index is 11.9. The number of allylic oxidation sites excluding steroid dienone is 5. The van der Waals surface area contributed by atoms with Crippen LogP contribution in [-0.4, -0.2) is 12.9 Å². The third kappa shape index (κ3) is 1.36. The Morgan fingerprint density at radius 3 is 3.06 bits per heavy atom. The minimum Gasteiger partial charge on any atom is -0.497 e. The van der Waals surface area contributed by atoms with E-state index in [4.69, 9.17) is 4.74 Å². The quantitative estimate of drug-likeness (QED) is 0.673. The van der Waals surface area contributed by atoms with Gasteiger partial charge in [-0.25, -0.2) is 0 Å². The van der Waals surface area contributed by atoms with Gasteiger partial charge in [0, 0.05) is 18.3 Å². The highest BCUT2D eigenvalue weighted by Gasteiger charge is 2.42. The Hall–Kier alpha value is -1.31. The van der Waals surface area contributed by atoms with Gasteiger partial charge in [0.05, 0.1) is 7.11 Å². The summed E-state index contributed by atoms with van der Waals surface area (Å²) < 4.78 is 5.26. The fourth-order valence-corrected chi connectivity index (χ4v) is 3.25. The summed E-state index contributed by atoms with van der Waals surface area (Å²) in [6.07, 6.45) is 11.4. The van der Waals surface area contributed by atoms with E-state index in [1.807, 2.05) is 6.08 Å². The third-order valence-corrected chi connectivity index (χ3v) is 4.09. The Morgan fingerprint density at radius 2 is 2.25 bits per heavy atom. The number of hydrogen-bond donors (Lipinski definition) is 0. The van der Waals surface area contributed by atoms with Crippen molar-refractivity contribution in [2.75, 3.05) is 7.11 Å². The predicted octanol–water partition coefficient (Wildman–Crippen LogP) is 2.63. The molecule has 3 aliphatic carbocycles. The number of methoxy groups -OCH3 is 1. The Morgan fingerprint density at radius 1 is 1.38 bits per heavy atom. The minimum absolute atomic E-state index is 0.218. The van der Waals surface area contributed by atoms with E-state index in [-0.39, 0.29) is 11.8 Å². The summed E-state index contributed by atoms with van der Waals surface area (Å²) in [6, 6.07) is 0. The molecule has 3 rings (SSSR count). The van der Waals surface area contributed by atoms with Crippen molar-refractivity contribution in [3.05, 3.63) is 35.6 Å². The summed E-state index contributed by atoms with van der Waals surface area (Å²) >= 11 is 0. The van der Waals surface area contributed by atoms with Crippen molar-refractivity contribution in [3.63, 3.8) is 0 Å². The summed E-state index contributed by atoms with van der Waals surface area (Å²) in [5, 5.41) is 0. The molecule has 0 aromatic carbocycles. The highest BCUT2D eigenvalue weighted by Crippen LogP contribution is 2.45. The van der Waals surface area contributed by atoms with Crippen molar-refractivity contribution in [2.24, 2.45) is 17.8 Å². The van der Waals surface area contributed by atoms with Gasteiger partial charge < -0.3 is 4.74 Å². The van der Waals surface area contributed by atoms with Gasteiger partial charge in [-0.3, -0.25) is 4.79 Å². The van der Waals surface area contributed by atoms with Gasteiger partial charge in [-0.05, 0) is 36.5 Å². The molecule has 0 amide bonds. The van der Waals surface area contributed by atoms with Crippen LogP contribution >= 0.6 is 0 Å². The number of carbonyl (C=O) groups excluding carboxylic acids is 1. The molecule has 0 saturated heterocycles. The fraction of sp³-hybridized carbons (Fsp3) is 0.500. The molecule has 84 valence electrons.